The third kappa shape index (κ3) is 2.65. The fourth-order valence-electron chi connectivity index (χ4n) is 2.28. The summed E-state index contributed by atoms with van der Waals surface area (Å²) in [6, 6.07) is 1.75. The summed E-state index contributed by atoms with van der Waals surface area (Å²) in [5, 5.41) is 0.309. The molecule has 1 aromatic rings. The molecule has 0 N–H and O–H groups in total. The second-order valence-corrected chi connectivity index (χ2v) is 5.35. The van der Waals surface area contributed by atoms with Gasteiger partial charge in [-0.15, -0.1) is 11.6 Å². The quantitative estimate of drug-likeness (QED) is 0.775. The fraction of sp³-hybridized carbons (Fsp3) is 0.615. The standard InChI is InChI=1S/C13H18ClNO2/c1-3-12-11(4-5-17-12)13(16)15(2)8-9-6-10(14)7-9/h4-5,9-10H,3,6-8H2,1-2H3. The molecule has 0 atom stereocenters. The molecule has 1 aliphatic rings. The molecule has 0 aliphatic heterocycles. The summed E-state index contributed by atoms with van der Waals surface area (Å²) >= 11 is 5.94. The van der Waals surface area contributed by atoms with Crippen molar-refractivity contribution in [3.8, 4) is 0 Å². The molecule has 1 fully saturated rings. The average Bonchev–Trinajstić information content (AvgIpc) is 2.73. The smallest absolute Gasteiger partial charge is 0.257 e. The maximum absolute atomic E-state index is 12.2. The Labute approximate surface area is 107 Å². The minimum absolute atomic E-state index is 0.0497. The summed E-state index contributed by atoms with van der Waals surface area (Å²) < 4.78 is 5.28. The predicted molar refractivity (Wildman–Crippen MR) is 67.4 cm³/mol. The molecule has 2 rings (SSSR count). The molecule has 0 spiro atoms. The lowest BCUT2D eigenvalue weighted by molar-refractivity contribution is 0.0744. The van der Waals surface area contributed by atoms with E-state index in [1.54, 1.807) is 17.2 Å². The van der Waals surface area contributed by atoms with Gasteiger partial charge in [0.15, 0.2) is 0 Å². The lowest BCUT2D eigenvalue weighted by Gasteiger charge is -2.34. The summed E-state index contributed by atoms with van der Waals surface area (Å²) in [5.41, 5.74) is 0.691. The van der Waals surface area contributed by atoms with Gasteiger partial charge in [0.2, 0.25) is 0 Å². The summed E-state index contributed by atoms with van der Waals surface area (Å²) in [6.45, 7) is 2.77. The van der Waals surface area contributed by atoms with Crippen molar-refractivity contribution in [2.75, 3.05) is 13.6 Å². The van der Waals surface area contributed by atoms with Crippen molar-refractivity contribution in [3.05, 3.63) is 23.7 Å². The molecule has 3 nitrogen and oxygen atoms in total. The first-order valence-corrected chi connectivity index (χ1v) is 6.51. The lowest BCUT2D eigenvalue weighted by Crippen LogP contribution is -2.38. The van der Waals surface area contributed by atoms with Crippen LogP contribution in [0.3, 0.4) is 0 Å². The first kappa shape index (κ1) is 12.5. The zero-order valence-corrected chi connectivity index (χ0v) is 11.0. The first-order valence-electron chi connectivity index (χ1n) is 6.07. The van der Waals surface area contributed by atoms with Crippen LogP contribution in [0.4, 0.5) is 0 Å². The Morgan fingerprint density at radius 1 is 1.59 bits per heavy atom. The van der Waals surface area contributed by atoms with Gasteiger partial charge in [0.05, 0.1) is 11.8 Å². The lowest BCUT2D eigenvalue weighted by atomic mass is 9.84. The van der Waals surface area contributed by atoms with E-state index in [2.05, 4.69) is 0 Å². The number of aryl methyl sites for hydroxylation is 1. The second kappa shape index (κ2) is 5.13. The van der Waals surface area contributed by atoms with Crippen LogP contribution in [-0.2, 0) is 6.42 Å². The van der Waals surface area contributed by atoms with Crippen molar-refractivity contribution < 1.29 is 9.21 Å². The number of hydrogen-bond donors (Lipinski definition) is 0. The van der Waals surface area contributed by atoms with Crippen LogP contribution in [0.2, 0.25) is 0 Å². The van der Waals surface area contributed by atoms with Gasteiger partial charge in [-0.3, -0.25) is 4.79 Å². The molecule has 17 heavy (non-hydrogen) atoms. The molecule has 0 unspecified atom stereocenters. The summed E-state index contributed by atoms with van der Waals surface area (Å²) in [4.78, 5) is 14.0. The van der Waals surface area contributed by atoms with Crippen LogP contribution in [0.25, 0.3) is 0 Å². The van der Waals surface area contributed by atoms with E-state index in [0.29, 0.717) is 16.9 Å². The monoisotopic (exact) mass is 255 g/mol. The van der Waals surface area contributed by atoms with E-state index < -0.39 is 0 Å². The van der Waals surface area contributed by atoms with Gasteiger partial charge < -0.3 is 9.32 Å². The van der Waals surface area contributed by atoms with Crippen molar-refractivity contribution >= 4 is 17.5 Å². The van der Waals surface area contributed by atoms with Crippen molar-refractivity contribution in [2.45, 2.75) is 31.6 Å². The number of halogens is 1. The van der Waals surface area contributed by atoms with Gasteiger partial charge in [0, 0.05) is 25.4 Å². The first-order chi connectivity index (χ1) is 8.11. The normalized spacial score (nSPS) is 23.2. The van der Waals surface area contributed by atoms with Gasteiger partial charge >= 0.3 is 0 Å². The molecule has 4 heteroatoms. The molecule has 1 heterocycles. The van der Waals surface area contributed by atoms with Gasteiger partial charge in [-0.05, 0) is 24.8 Å². The van der Waals surface area contributed by atoms with E-state index in [9.17, 15) is 4.79 Å². The molecule has 0 bridgehead atoms. The van der Waals surface area contributed by atoms with Crippen LogP contribution in [0.15, 0.2) is 16.7 Å². The van der Waals surface area contributed by atoms with Crippen molar-refractivity contribution in [1.29, 1.82) is 0 Å². The number of rotatable bonds is 4. The highest BCUT2D eigenvalue weighted by Crippen LogP contribution is 2.32. The van der Waals surface area contributed by atoms with Gasteiger partial charge in [-0.1, -0.05) is 6.92 Å². The molecule has 1 aliphatic carbocycles. The average molecular weight is 256 g/mol. The molecule has 0 radical (unpaired) electrons. The fourth-order valence-corrected chi connectivity index (χ4v) is 2.79. The Morgan fingerprint density at radius 2 is 2.29 bits per heavy atom. The molecule has 1 saturated carbocycles. The number of alkyl halides is 1. The van der Waals surface area contributed by atoms with E-state index in [4.69, 9.17) is 16.0 Å². The van der Waals surface area contributed by atoms with Gasteiger partial charge in [-0.25, -0.2) is 0 Å². The number of furan rings is 1. The second-order valence-electron chi connectivity index (χ2n) is 4.73. The highest BCUT2D eigenvalue weighted by molar-refractivity contribution is 6.21. The van der Waals surface area contributed by atoms with Crippen LogP contribution in [0.5, 0.6) is 0 Å². The minimum Gasteiger partial charge on any atom is -0.469 e. The largest absolute Gasteiger partial charge is 0.469 e. The summed E-state index contributed by atoms with van der Waals surface area (Å²) in [5.74, 6) is 1.38. The van der Waals surface area contributed by atoms with E-state index >= 15 is 0 Å². The number of nitrogens with zero attached hydrogens (tertiary/aromatic N) is 1. The SMILES string of the molecule is CCc1occc1C(=O)N(C)CC1CC(Cl)C1. The Kier molecular flexibility index (Phi) is 3.77. The third-order valence-electron chi connectivity index (χ3n) is 3.35. The molecular weight excluding hydrogens is 238 g/mol. The van der Waals surface area contributed by atoms with E-state index in [0.717, 1.165) is 31.6 Å². The highest BCUT2D eigenvalue weighted by atomic mass is 35.5. The van der Waals surface area contributed by atoms with Gasteiger partial charge in [-0.2, -0.15) is 0 Å². The maximum atomic E-state index is 12.2. The third-order valence-corrected chi connectivity index (χ3v) is 3.71. The van der Waals surface area contributed by atoms with E-state index in [1.807, 2.05) is 14.0 Å². The molecular formula is C13H18ClNO2. The topological polar surface area (TPSA) is 33.5 Å². The summed E-state index contributed by atoms with van der Waals surface area (Å²) in [7, 11) is 1.84. The maximum Gasteiger partial charge on any atom is 0.257 e. The highest BCUT2D eigenvalue weighted by Gasteiger charge is 2.29. The number of carbonyl (C=O) groups excluding carboxylic acids is 1. The molecule has 0 aromatic carbocycles. The van der Waals surface area contributed by atoms with E-state index in [-0.39, 0.29) is 5.91 Å². The molecule has 1 aromatic heterocycles. The Hall–Kier alpha value is -0.960. The molecule has 94 valence electrons. The van der Waals surface area contributed by atoms with Crippen LogP contribution >= 0.6 is 11.6 Å². The zero-order chi connectivity index (χ0) is 12.4. The minimum atomic E-state index is 0.0497. The van der Waals surface area contributed by atoms with E-state index in [1.165, 1.54) is 0 Å². The van der Waals surface area contributed by atoms with Crippen LogP contribution in [0.1, 0.15) is 35.9 Å². The number of carbonyl (C=O) groups is 1. The Morgan fingerprint density at radius 3 is 2.88 bits per heavy atom. The summed E-state index contributed by atoms with van der Waals surface area (Å²) in [6.07, 6.45) is 4.36. The van der Waals surface area contributed by atoms with Crippen LogP contribution in [0, 0.1) is 5.92 Å². The molecule has 1 amide bonds. The number of amides is 1. The number of hydrogen-bond acceptors (Lipinski definition) is 2. The zero-order valence-electron chi connectivity index (χ0n) is 10.3. The predicted octanol–water partition coefficient (Wildman–Crippen LogP) is 2.93. The van der Waals surface area contributed by atoms with Crippen molar-refractivity contribution in [1.82, 2.24) is 4.90 Å². The van der Waals surface area contributed by atoms with Gasteiger partial charge in [0.25, 0.3) is 5.91 Å². The Bertz CT molecular complexity index is 396. The van der Waals surface area contributed by atoms with Crippen LogP contribution < -0.4 is 0 Å². The molecule has 0 saturated heterocycles. The van der Waals surface area contributed by atoms with Crippen LogP contribution in [-0.4, -0.2) is 29.8 Å². The van der Waals surface area contributed by atoms with Gasteiger partial charge in [0.1, 0.15) is 5.76 Å². The van der Waals surface area contributed by atoms with Crippen molar-refractivity contribution in [2.24, 2.45) is 5.92 Å². The van der Waals surface area contributed by atoms with Crippen molar-refractivity contribution in [3.63, 3.8) is 0 Å². The Balaban J connectivity index is 1.95.